The number of carbonyl (C=O) groups is 1. The second kappa shape index (κ2) is 5.51. The molecule has 2 heterocycles. The average Bonchev–Trinajstić information content (AvgIpc) is 2.65. The number of hydrogen-bond acceptors (Lipinski definition) is 2. The van der Waals surface area contributed by atoms with Gasteiger partial charge in [0.2, 0.25) is 5.91 Å². The van der Waals surface area contributed by atoms with Crippen LogP contribution in [0.5, 0.6) is 0 Å². The second-order valence-corrected chi connectivity index (χ2v) is 7.54. The quantitative estimate of drug-likeness (QED) is 0.279. The molecule has 0 aliphatic rings. The lowest BCUT2D eigenvalue weighted by atomic mass is 10.0. The van der Waals surface area contributed by atoms with Crippen LogP contribution in [0.4, 0.5) is 0 Å². The molecule has 0 N–H and O–H groups in total. The standard InChI is InChI=1S/C22H16N2OS/c1-13(25)23-16-9-6-12-19-20(16)15-8-5-11-18-21(15)22(26-19)14-7-3-4-10-17(14)24(18)2/h3-12H,1-2H3. The molecule has 0 aliphatic heterocycles. The fourth-order valence-electron chi connectivity index (χ4n) is 3.84. The molecular weight excluding hydrogens is 340 g/mol. The predicted molar refractivity (Wildman–Crippen MR) is 110 cm³/mol. The first-order valence-corrected chi connectivity index (χ1v) is 9.34. The highest BCUT2D eigenvalue weighted by Gasteiger charge is 2.14. The lowest BCUT2D eigenvalue weighted by Gasteiger charge is -2.16. The zero-order chi connectivity index (χ0) is 17.8. The van der Waals surface area contributed by atoms with E-state index in [-0.39, 0.29) is 5.91 Å². The summed E-state index contributed by atoms with van der Waals surface area (Å²) in [4.78, 5) is 15.9. The van der Waals surface area contributed by atoms with Gasteiger partial charge in [0.25, 0.3) is 0 Å². The van der Waals surface area contributed by atoms with Crippen LogP contribution in [0.2, 0.25) is 0 Å². The van der Waals surface area contributed by atoms with Gasteiger partial charge in [0.15, 0.2) is 0 Å². The molecule has 5 rings (SSSR count). The Bertz CT molecular complexity index is 1420. The van der Waals surface area contributed by atoms with Crippen LogP contribution in [0, 0.1) is 0 Å². The minimum absolute atomic E-state index is 0.176. The van der Waals surface area contributed by atoms with Crippen LogP contribution in [0.1, 0.15) is 6.92 Å². The Kier molecular flexibility index (Phi) is 3.24. The molecule has 0 saturated carbocycles. The van der Waals surface area contributed by atoms with E-state index in [0.29, 0.717) is 0 Å². The van der Waals surface area contributed by atoms with Gasteiger partial charge in [-0.2, -0.15) is 0 Å². The van der Waals surface area contributed by atoms with Crippen LogP contribution in [0.3, 0.4) is 0 Å². The van der Waals surface area contributed by atoms with Gasteiger partial charge in [-0.15, -0.1) is 11.3 Å². The van der Waals surface area contributed by atoms with Crippen molar-refractivity contribution in [1.29, 1.82) is 0 Å². The lowest BCUT2D eigenvalue weighted by Crippen LogP contribution is -2.06. The van der Waals surface area contributed by atoms with Crippen molar-refractivity contribution in [1.82, 2.24) is 4.57 Å². The monoisotopic (exact) mass is 356 g/mol. The molecule has 0 atom stereocenters. The normalized spacial score (nSPS) is 12.6. The van der Waals surface area contributed by atoms with Crippen molar-refractivity contribution in [2.75, 3.05) is 0 Å². The number of aromatic nitrogens is 1. The van der Waals surface area contributed by atoms with Crippen LogP contribution < -0.4 is 5.36 Å². The third kappa shape index (κ3) is 2.06. The van der Waals surface area contributed by atoms with Crippen molar-refractivity contribution in [3.05, 3.63) is 66.0 Å². The first-order valence-electron chi connectivity index (χ1n) is 8.52. The van der Waals surface area contributed by atoms with Crippen LogP contribution in [-0.4, -0.2) is 10.5 Å². The van der Waals surface area contributed by atoms with E-state index in [4.69, 9.17) is 0 Å². The summed E-state index contributed by atoms with van der Waals surface area (Å²) in [5.41, 5.74) is 2.40. The summed E-state index contributed by atoms with van der Waals surface area (Å²) in [6.07, 6.45) is 0. The summed E-state index contributed by atoms with van der Waals surface area (Å²) >= 11 is 1.77. The Hall–Kier alpha value is -2.98. The van der Waals surface area contributed by atoms with Crippen molar-refractivity contribution in [3.63, 3.8) is 0 Å². The SMILES string of the molecule is CC(=O)N=c1cccc2sc3c4ccccc4n(C)c4cccc(c12)c34. The second-order valence-electron chi connectivity index (χ2n) is 6.49. The zero-order valence-electron chi connectivity index (χ0n) is 14.5. The molecule has 4 heteroatoms. The summed E-state index contributed by atoms with van der Waals surface area (Å²) in [5, 5.41) is 5.43. The molecular formula is C22H16N2OS. The smallest absolute Gasteiger partial charge is 0.243 e. The van der Waals surface area contributed by atoms with Gasteiger partial charge in [-0.1, -0.05) is 36.4 Å². The number of aryl methyl sites for hydroxylation is 1. The predicted octanol–water partition coefficient (Wildman–Crippen LogP) is 5.15. The number of carbonyl (C=O) groups excluding carboxylic acids is 1. The molecule has 3 nitrogen and oxygen atoms in total. The molecule has 26 heavy (non-hydrogen) atoms. The largest absolute Gasteiger partial charge is 0.344 e. The topological polar surface area (TPSA) is 34.4 Å². The minimum Gasteiger partial charge on any atom is -0.344 e. The number of para-hydroxylation sites is 1. The van der Waals surface area contributed by atoms with E-state index >= 15 is 0 Å². The molecule has 0 fully saturated rings. The van der Waals surface area contributed by atoms with Gasteiger partial charge in [0.1, 0.15) is 0 Å². The summed E-state index contributed by atoms with van der Waals surface area (Å²) in [5.74, 6) is -0.176. The molecule has 126 valence electrons. The van der Waals surface area contributed by atoms with Crippen molar-refractivity contribution in [2.24, 2.45) is 12.0 Å². The number of rotatable bonds is 0. The van der Waals surface area contributed by atoms with Crippen LogP contribution in [0.25, 0.3) is 42.0 Å². The molecule has 1 amide bonds. The number of amides is 1. The van der Waals surface area contributed by atoms with E-state index in [1.54, 1.807) is 11.3 Å². The zero-order valence-corrected chi connectivity index (χ0v) is 15.3. The highest BCUT2D eigenvalue weighted by molar-refractivity contribution is 7.25. The summed E-state index contributed by atoms with van der Waals surface area (Å²) in [6.45, 7) is 1.50. The van der Waals surface area contributed by atoms with Crippen LogP contribution >= 0.6 is 11.3 Å². The van der Waals surface area contributed by atoms with Crippen molar-refractivity contribution in [2.45, 2.75) is 6.92 Å². The van der Waals surface area contributed by atoms with E-state index < -0.39 is 0 Å². The number of pyridine rings is 1. The maximum absolute atomic E-state index is 11.6. The molecule has 0 spiro atoms. The van der Waals surface area contributed by atoms with E-state index in [2.05, 4.69) is 65.1 Å². The Morgan fingerprint density at radius 3 is 2.46 bits per heavy atom. The number of fused-ring (bicyclic) bond motifs is 4. The maximum atomic E-state index is 11.6. The highest BCUT2D eigenvalue weighted by Crippen LogP contribution is 2.39. The summed E-state index contributed by atoms with van der Waals surface area (Å²) in [6, 6.07) is 20.9. The molecule has 3 aromatic carbocycles. The van der Waals surface area contributed by atoms with Crippen molar-refractivity contribution in [3.8, 4) is 0 Å². The van der Waals surface area contributed by atoms with Gasteiger partial charge in [-0.25, -0.2) is 4.99 Å². The number of benzene rings is 3. The van der Waals surface area contributed by atoms with E-state index in [1.165, 1.54) is 33.4 Å². The van der Waals surface area contributed by atoms with Crippen molar-refractivity contribution < 1.29 is 4.79 Å². The fraction of sp³-hybridized carbons (Fsp3) is 0.0909. The maximum Gasteiger partial charge on any atom is 0.243 e. The Morgan fingerprint density at radius 1 is 0.885 bits per heavy atom. The van der Waals surface area contributed by atoms with Crippen molar-refractivity contribution >= 4 is 59.2 Å². The van der Waals surface area contributed by atoms with Crippen LogP contribution in [-0.2, 0) is 11.8 Å². The van der Waals surface area contributed by atoms with Gasteiger partial charge in [-0.05, 0) is 29.7 Å². The average molecular weight is 356 g/mol. The van der Waals surface area contributed by atoms with Gasteiger partial charge < -0.3 is 4.57 Å². The molecule has 0 radical (unpaired) electrons. The minimum atomic E-state index is -0.176. The Labute approximate surface area is 153 Å². The molecule has 0 unspecified atom stereocenters. The molecule has 5 aromatic rings. The summed E-state index contributed by atoms with van der Waals surface area (Å²) < 4.78 is 4.66. The van der Waals surface area contributed by atoms with Gasteiger partial charge in [-0.3, -0.25) is 4.79 Å². The molecule has 0 aliphatic carbocycles. The molecule has 2 aromatic heterocycles. The van der Waals surface area contributed by atoms with E-state index in [9.17, 15) is 4.79 Å². The van der Waals surface area contributed by atoms with Gasteiger partial charge in [0, 0.05) is 45.0 Å². The Morgan fingerprint density at radius 2 is 1.62 bits per heavy atom. The van der Waals surface area contributed by atoms with Crippen LogP contribution in [0.15, 0.2) is 65.7 Å². The lowest BCUT2D eigenvalue weighted by molar-refractivity contribution is -0.116. The fourth-order valence-corrected chi connectivity index (χ4v) is 5.13. The molecule has 0 saturated heterocycles. The summed E-state index contributed by atoms with van der Waals surface area (Å²) in [7, 11) is 2.11. The first-order chi connectivity index (χ1) is 12.6. The van der Waals surface area contributed by atoms with Gasteiger partial charge in [0.05, 0.1) is 10.9 Å². The Balaban J connectivity index is 2.18. The number of hydrogen-bond donors (Lipinski definition) is 0. The number of nitrogens with zero attached hydrogens (tertiary/aromatic N) is 2. The third-order valence-corrected chi connectivity index (χ3v) is 6.09. The van der Waals surface area contributed by atoms with E-state index in [1.807, 2.05) is 12.1 Å². The van der Waals surface area contributed by atoms with E-state index in [0.717, 1.165) is 20.8 Å². The van der Waals surface area contributed by atoms with Gasteiger partial charge >= 0.3 is 0 Å². The highest BCUT2D eigenvalue weighted by atomic mass is 32.1. The third-order valence-electron chi connectivity index (χ3n) is 4.90. The molecule has 0 bridgehead atoms. The first kappa shape index (κ1) is 15.3.